The maximum Gasteiger partial charge on any atom is 0.341 e. The molecule has 0 spiro atoms. The lowest BCUT2D eigenvalue weighted by Gasteiger charge is -2.39. The first kappa shape index (κ1) is 20.5. The molecule has 1 heterocycles. The number of rotatable bonds is 4. The molecule has 0 fully saturated rings. The fraction of sp³-hybridized carbons (Fsp3) is 0.450. The molecule has 1 aromatic carbocycles. The van der Waals surface area contributed by atoms with Gasteiger partial charge >= 0.3 is 18.0 Å². The van der Waals surface area contributed by atoms with E-state index in [4.69, 9.17) is 9.47 Å². The van der Waals surface area contributed by atoms with Crippen LogP contribution in [0.4, 0.5) is 4.79 Å². The van der Waals surface area contributed by atoms with Gasteiger partial charge in [0.25, 0.3) is 0 Å². The number of hydrogen-bond acceptors (Lipinski definition) is 5. The first-order valence-electron chi connectivity index (χ1n) is 8.66. The second kappa shape index (κ2) is 7.82. The van der Waals surface area contributed by atoms with Gasteiger partial charge in [0.2, 0.25) is 6.79 Å². The summed E-state index contributed by atoms with van der Waals surface area (Å²) in [5.74, 6) is -1.09. The van der Waals surface area contributed by atoms with E-state index in [0.29, 0.717) is 11.3 Å². The van der Waals surface area contributed by atoms with E-state index in [1.54, 1.807) is 41.8 Å². The van der Waals surface area contributed by atoms with Crippen LogP contribution in [0.2, 0.25) is 0 Å². The Morgan fingerprint density at radius 1 is 1.07 bits per heavy atom. The molecule has 1 aliphatic heterocycles. The summed E-state index contributed by atoms with van der Waals surface area (Å²) in [5.41, 5.74) is 0.933. The molecule has 7 heteroatoms. The highest BCUT2D eigenvalue weighted by molar-refractivity contribution is 5.95. The molecule has 1 aliphatic rings. The third-order valence-corrected chi connectivity index (χ3v) is 4.47. The van der Waals surface area contributed by atoms with E-state index < -0.39 is 30.2 Å². The molecular formula is C20H26N2O5. The number of urea groups is 1. The summed E-state index contributed by atoms with van der Waals surface area (Å²) in [4.78, 5) is 40.0. The SMILES string of the molecule is CC1=C(C(=O)OCOC(=O)C(C)(C)C)C(c2ccccc2)N(C)C(=O)N1C. The molecular weight excluding hydrogens is 348 g/mol. The van der Waals surface area contributed by atoms with Crippen molar-refractivity contribution in [2.24, 2.45) is 5.41 Å². The minimum atomic E-state index is -0.689. The highest BCUT2D eigenvalue weighted by atomic mass is 16.7. The van der Waals surface area contributed by atoms with Crippen molar-refractivity contribution in [3.63, 3.8) is 0 Å². The Morgan fingerprint density at radius 2 is 1.67 bits per heavy atom. The molecule has 7 nitrogen and oxygen atoms in total. The lowest BCUT2D eigenvalue weighted by molar-refractivity contribution is -0.171. The summed E-state index contributed by atoms with van der Waals surface area (Å²) in [5, 5.41) is 0. The van der Waals surface area contributed by atoms with Gasteiger partial charge in [-0.3, -0.25) is 4.79 Å². The van der Waals surface area contributed by atoms with Crippen molar-refractivity contribution in [3.8, 4) is 0 Å². The molecule has 0 saturated heterocycles. The summed E-state index contributed by atoms with van der Waals surface area (Å²) in [7, 11) is 3.23. The minimum absolute atomic E-state index is 0.225. The van der Waals surface area contributed by atoms with Crippen LogP contribution in [0.5, 0.6) is 0 Å². The highest BCUT2D eigenvalue weighted by Crippen LogP contribution is 2.36. The van der Waals surface area contributed by atoms with Gasteiger partial charge in [-0.25, -0.2) is 9.59 Å². The van der Waals surface area contributed by atoms with E-state index in [9.17, 15) is 14.4 Å². The summed E-state index contributed by atoms with van der Waals surface area (Å²) in [6.07, 6.45) is 0. The van der Waals surface area contributed by atoms with E-state index in [-0.39, 0.29) is 6.03 Å². The van der Waals surface area contributed by atoms with Crippen LogP contribution in [-0.4, -0.2) is 48.7 Å². The molecule has 146 valence electrons. The van der Waals surface area contributed by atoms with Gasteiger partial charge < -0.3 is 19.3 Å². The lowest BCUT2D eigenvalue weighted by Crippen LogP contribution is -2.47. The van der Waals surface area contributed by atoms with Crippen molar-refractivity contribution in [2.45, 2.75) is 33.7 Å². The summed E-state index contributed by atoms with van der Waals surface area (Å²) in [6, 6.07) is 8.43. The third kappa shape index (κ3) is 4.30. The van der Waals surface area contributed by atoms with Gasteiger partial charge in [0.05, 0.1) is 17.0 Å². The molecule has 0 aromatic heterocycles. The van der Waals surface area contributed by atoms with E-state index >= 15 is 0 Å². The number of amides is 2. The molecule has 0 radical (unpaired) electrons. The van der Waals surface area contributed by atoms with Crippen LogP contribution < -0.4 is 0 Å². The molecule has 0 N–H and O–H groups in total. The predicted molar refractivity (Wildman–Crippen MR) is 99.3 cm³/mol. The van der Waals surface area contributed by atoms with Crippen LogP contribution in [0.3, 0.4) is 0 Å². The second-order valence-corrected chi connectivity index (χ2v) is 7.50. The number of carbonyl (C=O) groups excluding carboxylic acids is 3. The van der Waals surface area contributed by atoms with Crippen LogP contribution in [0.1, 0.15) is 39.3 Å². The molecule has 0 bridgehead atoms. The zero-order valence-corrected chi connectivity index (χ0v) is 16.6. The van der Waals surface area contributed by atoms with Gasteiger partial charge in [0.1, 0.15) is 0 Å². The molecule has 2 amide bonds. The van der Waals surface area contributed by atoms with Crippen LogP contribution in [-0.2, 0) is 19.1 Å². The third-order valence-electron chi connectivity index (χ3n) is 4.47. The lowest BCUT2D eigenvalue weighted by atomic mass is 9.94. The van der Waals surface area contributed by atoms with E-state index in [1.165, 1.54) is 9.80 Å². The Hall–Kier alpha value is -2.83. The van der Waals surface area contributed by atoms with Gasteiger partial charge in [0.15, 0.2) is 0 Å². The van der Waals surface area contributed by atoms with Crippen LogP contribution in [0.15, 0.2) is 41.6 Å². The zero-order valence-electron chi connectivity index (χ0n) is 16.6. The maximum atomic E-state index is 12.8. The number of carbonyl (C=O) groups is 3. The fourth-order valence-electron chi connectivity index (χ4n) is 2.78. The van der Waals surface area contributed by atoms with Crippen molar-refractivity contribution in [1.29, 1.82) is 0 Å². The van der Waals surface area contributed by atoms with Crippen molar-refractivity contribution >= 4 is 18.0 Å². The standard InChI is InChI=1S/C20H26N2O5/c1-13-15(17(23)26-12-27-18(24)20(2,3)4)16(14-10-8-7-9-11-14)22(6)19(25)21(13)5/h7-11,16H,12H2,1-6H3. The second-order valence-electron chi connectivity index (χ2n) is 7.50. The molecule has 2 rings (SSSR count). The van der Waals surface area contributed by atoms with Gasteiger partial charge in [-0.1, -0.05) is 30.3 Å². The number of allylic oxidation sites excluding steroid dienone is 1. The van der Waals surface area contributed by atoms with Gasteiger partial charge in [-0.15, -0.1) is 0 Å². The number of likely N-dealkylation sites (N-methyl/N-ethyl adjacent to an activating group) is 1. The molecule has 1 aromatic rings. The minimum Gasteiger partial charge on any atom is -0.427 e. The maximum absolute atomic E-state index is 12.8. The van der Waals surface area contributed by atoms with Crippen LogP contribution in [0, 0.1) is 5.41 Å². The van der Waals surface area contributed by atoms with Crippen molar-refractivity contribution < 1.29 is 23.9 Å². The summed E-state index contributed by atoms with van der Waals surface area (Å²) < 4.78 is 10.2. The number of hydrogen-bond donors (Lipinski definition) is 0. The van der Waals surface area contributed by atoms with E-state index in [2.05, 4.69) is 0 Å². The van der Waals surface area contributed by atoms with Crippen LogP contribution >= 0.6 is 0 Å². The Morgan fingerprint density at radius 3 is 2.22 bits per heavy atom. The van der Waals surface area contributed by atoms with E-state index in [1.807, 2.05) is 30.3 Å². The number of benzene rings is 1. The average molecular weight is 374 g/mol. The molecule has 27 heavy (non-hydrogen) atoms. The number of esters is 2. The Labute approximate surface area is 159 Å². The molecule has 1 unspecified atom stereocenters. The molecule has 1 atom stereocenters. The van der Waals surface area contributed by atoms with Crippen LogP contribution in [0.25, 0.3) is 0 Å². The zero-order chi connectivity index (χ0) is 20.4. The topological polar surface area (TPSA) is 76.1 Å². The first-order chi connectivity index (χ1) is 12.6. The number of ether oxygens (including phenoxy) is 2. The fourth-order valence-corrected chi connectivity index (χ4v) is 2.78. The van der Waals surface area contributed by atoms with Gasteiger partial charge in [0, 0.05) is 19.8 Å². The van der Waals surface area contributed by atoms with Gasteiger partial charge in [-0.2, -0.15) is 0 Å². The predicted octanol–water partition coefficient (Wildman–Crippen LogP) is 3.09. The average Bonchev–Trinajstić information content (AvgIpc) is 2.62. The van der Waals surface area contributed by atoms with Crippen molar-refractivity contribution in [3.05, 3.63) is 47.2 Å². The van der Waals surface area contributed by atoms with Crippen molar-refractivity contribution in [1.82, 2.24) is 9.80 Å². The van der Waals surface area contributed by atoms with Crippen molar-refractivity contribution in [2.75, 3.05) is 20.9 Å². The number of nitrogens with zero attached hydrogens (tertiary/aromatic N) is 2. The quantitative estimate of drug-likeness (QED) is 0.598. The normalized spacial score (nSPS) is 17.9. The Bertz CT molecular complexity index is 764. The van der Waals surface area contributed by atoms with E-state index in [0.717, 1.165) is 5.56 Å². The Kier molecular flexibility index (Phi) is 5.93. The van der Waals surface area contributed by atoms with Gasteiger partial charge in [-0.05, 0) is 33.3 Å². The monoisotopic (exact) mass is 374 g/mol. The summed E-state index contributed by atoms with van der Waals surface area (Å²) >= 11 is 0. The molecule has 0 saturated carbocycles. The Balaban J connectivity index is 2.28. The smallest absolute Gasteiger partial charge is 0.341 e. The summed E-state index contributed by atoms with van der Waals surface area (Å²) in [6.45, 7) is 6.36. The largest absolute Gasteiger partial charge is 0.427 e. The first-order valence-corrected chi connectivity index (χ1v) is 8.66. The molecule has 0 aliphatic carbocycles. The highest BCUT2D eigenvalue weighted by Gasteiger charge is 2.39.